The molecular weight excluding hydrogens is 290 g/mol. The molecule has 0 bridgehead atoms. The van der Waals surface area contributed by atoms with E-state index in [2.05, 4.69) is 16.7 Å². The van der Waals surface area contributed by atoms with E-state index in [4.69, 9.17) is 4.74 Å². The number of nitrogens with zero attached hydrogens (tertiary/aromatic N) is 1. The van der Waals surface area contributed by atoms with Gasteiger partial charge >= 0.3 is 5.97 Å². The van der Waals surface area contributed by atoms with Gasteiger partial charge in [-0.15, -0.1) is 0 Å². The zero-order valence-electron chi connectivity index (χ0n) is 12.9. The number of aldehydes is 1. The number of ether oxygens (including phenoxy) is 1. The van der Waals surface area contributed by atoms with Crippen molar-refractivity contribution in [3.8, 4) is 0 Å². The maximum Gasteiger partial charge on any atom is 0.338 e. The molecule has 116 valence electrons. The number of carbonyl (C=O) groups is 2. The molecule has 0 N–H and O–H groups in total. The zero-order chi connectivity index (χ0) is 16.2. The van der Waals surface area contributed by atoms with Crippen LogP contribution in [0.1, 0.15) is 21.5 Å². The summed E-state index contributed by atoms with van der Waals surface area (Å²) in [6, 6.07) is 15.6. The Balaban J connectivity index is 2.16. The third kappa shape index (κ3) is 2.88. The molecule has 1 aromatic heterocycles. The number of fused-ring (bicyclic) bond motifs is 1. The number of rotatable bonds is 5. The summed E-state index contributed by atoms with van der Waals surface area (Å²) in [5.74, 6) is -0.389. The van der Waals surface area contributed by atoms with Crippen molar-refractivity contribution in [3.63, 3.8) is 0 Å². The van der Waals surface area contributed by atoms with E-state index in [1.807, 2.05) is 36.5 Å². The molecular formula is C19H17NO3. The molecule has 2 aromatic carbocycles. The minimum atomic E-state index is -0.389. The van der Waals surface area contributed by atoms with Gasteiger partial charge in [-0.3, -0.25) is 0 Å². The monoisotopic (exact) mass is 307 g/mol. The number of esters is 1. The Labute approximate surface area is 134 Å². The van der Waals surface area contributed by atoms with Crippen LogP contribution in [0.15, 0.2) is 54.7 Å². The van der Waals surface area contributed by atoms with E-state index in [1.165, 1.54) is 7.11 Å². The molecule has 4 nitrogen and oxygen atoms in total. The van der Waals surface area contributed by atoms with Crippen LogP contribution in [0.2, 0.25) is 0 Å². The fourth-order valence-electron chi connectivity index (χ4n) is 2.87. The van der Waals surface area contributed by atoms with Crippen molar-refractivity contribution in [1.82, 2.24) is 4.57 Å². The number of benzene rings is 2. The van der Waals surface area contributed by atoms with Gasteiger partial charge in [-0.25, -0.2) is 4.79 Å². The molecule has 3 rings (SSSR count). The fraction of sp³-hybridized carbons (Fsp3) is 0.158. The molecule has 23 heavy (non-hydrogen) atoms. The van der Waals surface area contributed by atoms with Crippen LogP contribution in [0, 0.1) is 0 Å². The molecule has 0 aliphatic heterocycles. The summed E-state index contributed by atoms with van der Waals surface area (Å²) in [4.78, 5) is 23.0. The highest BCUT2D eigenvalue weighted by atomic mass is 16.5. The lowest BCUT2D eigenvalue weighted by Gasteiger charge is -2.07. The van der Waals surface area contributed by atoms with E-state index in [-0.39, 0.29) is 12.4 Å². The molecule has 0 atom stereocenters. The molecule has 1 heterocycles. The van der Waals surface area contributed by atoms with Crippen molar-refractivity contribution in [3.05, 3.63) is 71.4 Å². The lowest BCUT2D eigenvalue weighted by Crippen LogP contribution is -2.03. The molecule has 3 aromatic rings. The van der Waals surface area contributed by atoms with Gasteiger partial charge in [0.2, 0.25) is 0 Å². The summed E-state index contributed by atoms with van der Waals surface area (Å²) in [5, 5.41) is 0.794. The van der Waals surface area contributed by atoms with Crippen LogP contribution in [-0.4, -0.2) is 23.9 Å². The van der Waals surface area contributed by atoms with E-state index in [0.717, 1.165) is 28.3 Å². The van der Waals surface area contributed by atoms with E-state index < -0.39 is 0 Å². The number of hydrogen-bond donors (Lipinski definition) is 0. The quantitative estimate of drug-likeness (QED) is 0.537. The fourth-order valence-corrected chi connectivity index (χ4v) is 2.87. The minimum Gasteiger partial charge on any atom is -0.465 e. The normalized spacial score (nSPS) is 10.7. The van der Waals surface area contributed by atoms with E-state index >= 15 is 0 Å². The molecule has 0 saturated carbocycles. The summed E-state index contributed by atoms with van der Waals surface area (Å²) in [7, 11) is 1.36. The smallest absolute Gasteiger partial charge is 0.338 e. The van der Waals surface area contributed by atoms with E-state index in [1.54, 1.807) is 6.07 Å². The lowest BCUT2D eigenvalue weighted by molar-refractivity contribution is -0.107. The molecule has 0 radical (unpaired) electrons. The summed E-state index contributed by atoms with van der Waals surface area (Å²) in [6.07, 6.45) is 3.07. The number of carbonyl (C=O) groups excluding carboxylic acids is 2. The first kappa shape index (κ1) is 15.0. The molecule has 0 spiro atoms. The van der Waals surface area contributed by atoms with Crippen LogP contribution in [0.25, 0.3) is 10.9 Å². The van der Waals surface area contributed by atoms with Gasteiger partial charge in [-0.1, -0.05) is 36.4 Å². The van der Waals surface area contributed by atoms with Gasteiger partial charge in [-0.2, -0.15) is 0 Å². The van der Waals surface area contributed by atoms with E-state index in [9.17, 15) is 9.59 Å². The maximum absolute atomic E-state index is 12.0. The number of methoxy groups -OCH3 is 1. The lowest BCUT2D eigenvalue weighted by atomic mass is 10.0. The summed E-state index contributed by atoms with van der Waals surface area (Å²) >= 11 is 0. The molecule has 0 aliphatic rings. The highest BCUT2D eigenvalue weighted by Crippen LogP contribution is 2.27. The topological polar surface area (TPSA) is 48.3 Å². The van der Waals surface area contributed by atoms with Crippen LogP contribution < -0.4 is 0 Å². The SMILES string of the molecule is COC(=O)c1cccc2c1c(CC=O)cn2Cc1ccccc1. The van der Waals surface area contributed by atoms with Crippen LogP contribution in [0.4, 0.5) is 0 Å². The van der Waals surface area contributed by atoms with Crippen LogP contribution >= 0.6 is 0 Å². The van der Waals surface area contributed by atoms with Gasteiger partial charge < -0.3 is 14.1 Å². The van der Waals surface area contributed by atoms with Crippen LogP contribution in [0.5, 0.6) is 0 Å². The van der Waals surface area contributed by atoms with Crippen LogP contribution in [0.3, 0.4) is 0 Å². The molecule has 4 heteroatoms. The minimum absolute atomic E-state index is 0.270. The Morgan fingerprint density at radius 3 is 2.61 bits per heavy atom. The Bertz CT molecular complexity index is 850. The molecule has 0 saturated heterocycles. The third-order valence-electron chi connectivity index (χ3n) is 3.89. The number of aromatic nitrogens is 1. The molecule has 0 fully saturated rings. The second-order valence-corrected chi connectivity index (χ2v) is 5.33. The van der Waals surface area contributed by atoms with Gasteiger partial charge in [0.15, 0.2) is 0 Å². The second kappa shape index (κ2) is 6.48. The Morgan fingerprint density at radius 1 is 1.13 bits per heavy atom. The number of hydrogen-bond acceptors (Lipinski definition) is 3. The summed E-state index contributed by atoms with van der Waals surface area (Å²) in [6.45, 7) is 0.681. The second-order valence-electron chi connectivity index (χ2n) is 5.33. The van der Waals surface area contributed by atoms with Gasteiger partial charge in [0.05, 0.1) is 12.7 Å². The van der Waals surface area contributed by atoms with Crippen molar-refractivity contribution >= 4 is 23.2 Å². The third-order valence-corrected chi connectivity index (χ3v) is 3.89. The van der Waals surface area contributed by atoms with Gasteiger partial charge in [0.25, 0.3) is 0 Å². The van der Waals surface area contributed by atoms with Gasteiger partial charge in [0.1, 0.15) is 6.29 Å². The molecule has 0 amide bonds. The van der Waals surface area contributed by atoms with Gasteiger partial charge in [0, 0.05) is 30.1 Å². The van der Waals surface area contributed by atoms with Crippen molar-refractivity contribution in [1.29, 1.82) is 0 Å². The zero-order valence-corrected chi connectivity index (χ0v) is 12.9. The first-order valence-electron chi connectivity index (χ1n) is 7.41. The first-order valence-corrected chi connectivity index (χ1v) is 7.41. The Morgan fingerprint density at radius 2 is 1.91 bits per heavy atom. The summed E-state index contributed by atoms with van der Waals surface area (Å²) in [5.41, 5.74) is 3.42. The van der Waals surface area contributed by atoms with Gasteiger partial charge in [-0.05, 0) is 23.3 Å². The predicted molar refractivity (Wildman–Crippen MR) is 88.6 cm³/mol. The highest BCUT2D eigenvalue weighted by molar-refractivity contribution is 6.05. The summed E-state index contributed by atoms with van der Waals surface area (Å²) < 4.78 is 6.93. The maximum atomic E-state index is 12.0. The molecule has 0 unspecified atom stereocenters. The Hall–Kier alpha value is -2.88. The van der Waals surface area contributed by atoms with Crippen molar-refractivity contribution in [2.75, 3.05) is 7.11 Å². The van der Waals surface area contributed by atoms with Crippen molar-refractivity contribution in [2.24, 2.45) is 0 Å². The standard InChI is InChI=1S/C19H17NO3/c1-23-19(22)16-8-5-9-17-18(16)15(10-11-21)13-20(17)12-14-6-3-2-4-7-14/h2-9,11,13H,10,12H2,1H3. The van der Waals surface area contributed by atoms with Crippen LogP contribution in [-0.2, 0) is 22.5 Å². The average molecular weight is 307 g/mol. The first-order chi connectivity index (χ1) is 11.2. The van der Waals surface area contributed by atoms with Crippen molar-refractivity contribution < 1.29 is 14.3 Å². The predicted octanol–water partition coefficient (Wildman–Crippen LogP) is 3.22. The average Bonchev–Trinajstić information content (AvgIpc) is 2.93. The van der Waals surface area contributed by atoms with E-state index in [0.29, 0.717) is 12.1 Å². The molecule has 0 aliphatic carbocycles. The van der Waals surface area contributed by atoms with Crippen molar-refractivity contribution in [2.45, 2.75) is 13.0 Å². The Kier molecular flexibility index (Phi) is 4.24. The highest BCUT2D eigenvalue weighted by Gasteiger charge is 2.17. The largest absolute Gasteiger partial charge is 0.465 e.